The Morgan fingerprint density at radius 2 is 2.18 bits per heavy atom. The van der Waals surface area contributed by atoms with Crippen LogP contribution in [-0.2, 0) is 9.84 Å². The van der Waals surface area contributed by atoms with Crippen molar-refractivity contribution in [2.24, 2.45) is 0 Å². The van der Waals surface area contributed by atoms with Crippen LogP contribution in [0.15, 0.2) is 28.1 Å². The van der Waals surface area contributed by atoms with Gasteiger partial charge in [-0.15, -0.1) is 0 Å². The molecule has 0 fully saturated rings. The highest BCUT2D eigenvalue weighted by Crippen LogP contribution is 2.29. The van der Waals surface area contributed by atoms with E-state index >= 15 is 0 Å². The smallest absolute Gasteiger partial charge is 0.173 e. The van der Waals surface area contributed by atoms with E-state index in [2.05, 4.69) is 21.2 Å². The molecular formula is C11H13BrN2O2S. The van der Waals surface area contributed by atoms with Gasteiger partial charge < -0.3 is 11.1 Å². The summed E-state index contributed by atoms with van der Waals surface area (Å²) in [5.74, 6) is 0.100. The third-order valence-electron chi connectivity index (χ3n) is 2.63. The Kier molecular flexibility index (Phi) is 3.18. The van der Waals surface area contributed by atoms with Crippen molar-refractivity contribution in [3.63, 3.8) is 0 Å². The maximum atomic E-state index is 11.3. The van der Waals surface area contributed by atoms with Crippen LogP contribution in [0.25, 0.3) is 0 Å². The van der Waals surface area contributed by atoms with E-state index in [9.17, 15) is 8.42 Å². The van der Waals surface area contributed by atoms with Crippen molar-refractivity contribution in [1.29, 1.82) is 0 Å². The van der Waals surface area contributed by atoms with Gasteiger partial charge in [-0.3, -0.25) is 0 Å². The van der Waals surface area contributed by atoms with Crippen molar-refractivity contribution in [3.8, 4) is 0 Å². The molecule has 0 amide bonds. The number of hydrogen-bond donors (Lipinski definition) is 2. The maximum Gasteiger partial charge on any atom is 0.173 e. The van der Waals surface area contributed by atoms with Crippen LogP contribution in [0.1, 0.15) is 5.56 Å². The zero-order chi connectivity index (χ0) is 12.6. The van der Waals surface area contributed by atoms with Crippen molar-refractivity contribution in [3.05, 3.63) is 33.7 Å². The fourth-order valence-corrected chi connectivity index (χ4v) is 3.38. The van der Waals surface area contributed by atoms with E-state index in [1.807, 2.05) is 19.1 Å². The SMILES string of the molecule is Cc1cc(NC2C=CS(=O)(=O)C2)c(Br)cc1N. The predicted octanol–water partition coefficient (Wildman–Crippen LogP) is 2.06. The Labute approximate surface area is 109 Å². The van der Waals surface area contributed by atoms with E-state index in [0.29, 0.717) is 5.69 Å². The van der Waals surface area contributed by atoms with Gasteiger partial charge in [0.1, 0.15) is 0 Å². The molecule has 0 aliphatic carbocycles. The largest absolute Gasteiger partial charge is 0.398 e. The summed E-state index contributed by atoms with van der Waals surface area (Å²) >= 11 is 3.40. The minimum atomic E-state index is -3.03. The van der Waals surface area contributed by atoms with Crippen molar-refractivity contribution in [2.75, 3.05) is 16.8 Å². The van der Waals surface area contributed by atoms with Crippen LogP contribution < -0.4 is 11.1 Å². The molecule has 17 heavy (non-hydrogen) atoms. The predicted molar refractivity (Wildman–Crippen MR) is 73.6 cm³/mol. The highest BCUT2D eigenvalue weighted by Gasteiger charge is 2.22. The molecule has 1 aromatic carbocycles. The lowest BCUT2D eigenvalue weighted by atomic mass is 10.1. The van der Waals surface area contributed by atoms with Gasteiger partial charge in [0.2, 0.25) is 0 Å². The molecule has 0 saturated heterocycles. The molecule has 1 unspecified atom stereocenters. The van der Waals surface area contributed by atoms with E-state index < -0.39 is 9.84 Å². The summed E-state index contributed by atoms with van der Waals surface area (Å²) in [6, 6.07) is 3.53. The Hall–Kier alpha value is -1.01. The molecule has 6 heteroatoms. The third-order valence-corrected chi connectivity index (χ3v) is 4.68. The van der Waals surface area contributed by atoms with Crippen molar-refractivity contribution >= 4 is 37.1 Å². The van der Waals surface area contributed by atoms with Crippen LogP contribution in [0.3, 0.4) is 0 Å². The van der Waals surface area contributed by atoms with Crippen molar-refractivity contribution < 1.29 is 8.42 Å². The number of halogens is 1. The molecule has 1 aliphatic heterocycles. The maximum absolute atomic E-state index is 11.3. The highest BCUT2D eigenvalue weighted by molar-refractivity contribution is 9.10. The molecule has 0 spiro atoms. The molecule has 1 aromatic rings. The standard InChI is InChI=1S/C11H13BrN2O2S/c1-7-4-11(9(12)5-10(7)13)14-8-2-3-17(15,16)6-8/h2-5,8,14H,6,13H2,1H3. The summed E-state index contributed by atoms with van der Waals surface area (Å²) in [7, 11) is -3.03. The summed E-state index contributed by atoms with van der Waals surface area (Å²) in [5, 5.41) is 4.42. The third kappa shape index (κ3) is 2.81. The first-order chi connectivity index (χ1) is 7.87. The molecule has 0 radical (unpaired) electrons. The zero-order valence-electron chi connectivity index (χ0n) is 9.27. The monoisotopic (exact) mass is 316 g/mol. The second kappa shape index (κ2) is 4.34. The van der Waals surface area contributed by atoms with Gasteiger partial charge in [0.15, 0.2) is 9.84 Å². The fourth-order valence-electron chi connectivity index (χ4n) is 1.67. The van der Waals surface area contributed by atoms with Gasteiger partial charge in [0.05, 0.1) is 11.8 Å². The first-order valence-electron chi connectivity index (χ1n) is 5.10. The van der Waals surface area contributed by atoms with E-state index in [-0.39, 0.29) is 11.8 Å². The first-order valence-corrected chi connectivity index (χ1v) is 7.61. The van der Waals surface area contributed by atoms with Gasteiger partial charge in [0.25, 0.3) is 0 Å². The number of nitrogens with two attached hydrogens (primary N) is 1. The number of anilines is 2. The number of aryl methyl sites for hydroxylation is 1. The summed E-state index contributed by atoms with van der Waals surface area (Å²) in [4.78, 5) is 0. The minimum Gasteiger partial charge on any atom is -0.398 e. The molecule has 1 atom stereocenters. The van der Waals surface area contributed by atoms with Gasteiger partial charge >= 0.3 is 0 Å². The topological polar surface area (TPSA) is 72.2 Å². The zero-order valence-corrected chi connectivity index (χ0v) is 11.7. The number of nitrogens with one attached hydrogen (secondary N) is 1. The van der Waals surface area contributed by atoms with Gasteiger partial charge in [-0.2, -0.15) is 0 Å². The fraction of sp³-hybridized carbons (Fsp3) is 0.273. The molecule has 0 aromatic heterocycles. The Morgan fingerprint density at radius 1 is 1.47 bits per heavy atom. The summed E-state index contributed by atoms with van der Waals surface area (Å²) in [6.07, 6.45) is 1.66. The Bertz CT molecular complexity index is 581. The first kappa shape index (κ1) is 12.4. The molecule has 1 aliphatic rings. The van der Waals surface area contributed by atoms with E-state index in [0.717, 1.165) is 15.7 Å². The molecule has 3 N–H and O–H groups in total. The highest BCUT2D eigenvalue weighted by atomic mass is 79.9. The van der Waals surface area contributed by atoms with Crippen LogP contribution in [-0.4, -0.2) is 20.2 Å². The van der Waals surface area contributed by atoms with Crippen molar-refractivity contribution in [2.45, 2.75) is 13.0 Å². The Balaban J connectivity index is 2.21. The number of rotatable bonds is 2. The number of nitrogen functional groups attached to an aromatic ring is 1. The van der Waals surface area contributed by atoms with Gasteiger partial charge in [0, 0.05) is 21.3 Å². The lowest BCUT2D eigenvalue weighted by molar-refractivity contribution is 0.605. The number of sulfone groups is 1. The second-order valence-corrected chi connectivity index (χ2v) is 6.88. The van der Waals surface area contributed by atoms with Crippen LogP contribution >= 0.6 is 15.9 Å². The lowest BCUT2D eigenvalue weighted by Gasteiger charge is -2.14. The minimum absolute atomic E-state index is 0.100. The van der Waals surface area contributed by atoms with Crippen LogP contribution in [0.4, 0.5) is 11.4 Å². The van der Waals surface area contributed by atoms with Crippen molar-refractivity contribution in [1.82, 2.24) is 0 Å². The molecular weight excluding hydrogens is 304 g/mol. The molecule has 1 heterocycles. The summed E-state index contributed by atoms with van der Waals surface area (Å²) in [5.41, 5.74) is 8.29. The normalized spacial score (nSPS) is 21.6. The summed E-state index contributed by atoms with van der Waals surface area (Å²) < 4.78 is 23.4. The van der Waals surface area contributed by atoms with Gasteiger partial charge in [-0.25, -0.2) is 8.42 Å². The van der Waals surface area contributed by atoms with E-state index in [4.69, 9.17) is 5.73 Å². The molecule has 4 nitrogen and oxygen atoms in total. The molecule has 92 valence electrons. The molecule has 2 rings (SSSR count). The van der Waals surface area contributed by atoms with Crippen LogP contribution in [0, 0.1) is 6.92 Å². The average Bonchev–Trinajstić information content (AvgIpc) is 2.54. The molecule has 0 saturated carbocycles. The van der Waals surface area contributed by atoms with E-state index in [1.54, 1.807) is 6.08 Å². The number of hydrogen-bond acceptors (Lipinski definition) is 4. The van der Waals surface area contributed by atoms with E-state index in [1.165, 1.54) is 5.41 Å². The summed E-state index contributed by atoms with van der Waals surface area (Å²) in [6.45, 7) is 1.91. The van der Waals surface area contributed by atoms with Crippen LogP contribution in [0.5, 0.6) is 0 Å². The van der Waals surface area contributed by atoms with Crippen LogP contribution in [0.2, 0.25) is 0 Å². The number of benzene rings is 1. The lowest BCUT2D eigenvalue weighted by Crippen LogP contribution is -2.21. The van der Waals surface area contributed by atoms with Gasteiger partial charge in [-0.05, 0) is 40.5 Å². The average molecular weight is 317 g/mol. The second-order valence-electron chi connectivity index (χ2n) is 4.10. The Morgan fingerprint density at radius 3 is 2.76 bits per heavy atom. The molecule has 0 bridgehead atoms. The quantitative estimate of drug-likeness (QED) is 0.819. The van der Waals surface area contributed by atoms with Gasteiger partial charge in [-0.1, -0.05) is 6.08 Å².